The maximum atomic E-state index is 11.4. The lowest BCUT2D eigenvalue weighted by Gasteiger charge is -2.33. The normalized spacial score (nSPS) is 20.5. The molecule has 1 aliphatic rings. The van der Waals surface area contributed by atoms with E-state index in [0.717, 1.165) is 0 Å². The van der Waals surface area contributed by atoms with Gasteiger partial charge in [0, 0.05) is 18.1 Å². The quantitative estimate of drug-likeness (QED) is 0.889. The smallest absolute Gasteiger partial charge is 0.356 e. The summed E-state index contributed by atoms with van der Waals surface area (Å²) < 4.78 is 7.00. The zero-order valence-corrected chi connectivity index (χ0v) is 10.7. The highest BCUT2D eigenvalue weighted by Crippen LogP contribution is 2.27. The number of carboxylic acid groups (broad SMARTS) is 1. The Morgan fingerprint density at radius 3 is 3.22 bits per heavy atom. The monoisotopic (exact) mass is 267 g/mol. The SMILES string of the molecule is CC1COCCN1c1nc2sccn2c1C(=O)O. The molecular formula is C11H13N3O3S. The zero-order chi connectivity index (χ0) is 12.7. The number of thiazole rings is 1. The van der Waals surface area contributed by atoms with Crippen LogP contribution in [-0.4, -0.2) is 46.3 Å². The van der Waals surface area contributed by atoms with Gasteiger partial charge in [0.2, 0.25) is 0 Å². The summed E-state index contributed by atoms with van der Waals surface area (Å²) in [6, 6.07) is 0.140. The summed E-state index contributed by atoms with van der Waals surface area (Å²) in [5, 5.41) is 11.2. The number of carbonyl (C=O) groups is 1. The van der Waals surface area contributed by atoms with Gasteiger partial charge in [-0.05, 0) is 6.92 Å². The van der Waals surface area contributed by atoms with E-state index >= 15 is 0 Å². The molecule has 18 heavy (non-hydrogen) atoms. The third-order valence-corrected chi connectivity index (χ3v) is 3.84. The number of anilines is 1. The molecule has 1 atom stereocenters. The molecule has 0 aromatic carbocycles. The van der Waals surface area contributed by atoms with Gasteiger partial charge in [-0.1, -0.05) is 0 Å². The van der Waals surface area contributed by atoms with Crippen LogP contribution in [-0.2, 0) is 4.74 Å². The fraction of sp³-hybridized carbons (Fsp3) is 0.455. The van der Waals surface area contributed by atoms with E-state index in [0.29, 0.717) is 30.5 Å². The maximum absolute atomic E-state index is 11.4. The Morgan fingerprint density at radius 1 is 1.67 bits per heavy atom. The highest BCUT2D eigenvalue weighted by atomic mass is 32.1. The van der Waals surface area contributed by atoms with Gasteiger partial charge < -0.3 is 14.7 Å². The fourth-order valence-electron chi connectivity index (χ4n) is 2.22. The van der Waals surface area contributed by atoms with Gasteiger partial charge in [0.15, 0.2) is 16.5 Å². The second-order valence-electron chi connectivity index (χ2n) is 4.26. The number of carboxylic acids is 1. The number of ether oxygens (including phenoxy) is 1. The van der Waals surface area contributed by atoms with Crippen LogP contribution in [0.3, 0.4) is 0 Å². The lowest BCUT2D eigenvalue weighted by molar-refractivity contribution is 0.0687. The predicted molar refractivity (Wildman–Crippen MR) is 67.7 cm³/mol. The summed E-state index contributed by atoms with van der Waals surface area (Å²) in [6.45, 7) is 3.89. The van der Waals surface area contributed by atoms with Crippen molar-refractivity contribution in [3.05, 3.63) is 17.3 Å². The number of aromatic nitrogens is 2. The minimum Gasteiger partial charge on any atom is -0.476 e. The van der Waals surface area contributed by atoms with Crippen molar-refractivity contribution in [3.63, 3.8) is 0 Å². The van der Waals surface area contributed by atoms with Crippen molar-refractivity contribution in [1.82, 2.24) is 9.38 Å². The molecule has 1 unspecified atom stereocenters. The number of morpholine rings is 1. The molecule has 0 radical (unpaired) electrons. The van der Waals surface area contributed by atoms with E-state index in [4.69, 9.17) is 4.74 Å². The second kappa shape index (κ2) is 4.25. The molecule has 3 rings (SSSR count). The van der Waals surface area contributed by atoms with Gasteiger partial charge in [0.05, 0.1) is 19.3 Å². The molecule has 7 heteroatoms. The third kappa shape index (κ3) is 1.67. The van der Waals surface area contributed by atoms with Gasteiger partial charge in [-0.25, -0.2) is 9.78 Å². The molecule has 0 spiro atoms. The van der Waals surface area contributed by atoms with Crippen molar-refractivity contribution in [3.8, 4) is 0 Å². The van der Waals surface area contributed by atoms with Gasteiger partial charge in [-0.2, -0.15) is 0 Å². The molecule has 3 heterocycles. The standard InChI is InChI=1S/C11H13N3O3S/c1-7-6-17-4-2-13(7)9-8(10(15)16)14-3-5-18-11(14)12-9/h3,5,7H,2,4,6H2,1H3,(H,15,16). The number of aromatic carboxylic acids is 1. The summed E-state index contributed by atoms with van der Waals surface area (Å²) >= 11 is 1.44. The van der Waals surface area contributed by atoms with Crippen molar-refractivity contribution in [2.75, 3.05) is 24.7 Å². The Bertz CT molecular complexity index is 591. The number of imidazole rings is 1. The molecule has 0 saturated carbocycles. The zero-order valence-electron chi connectivity index (χ0n) is 9.87. The number of hydrogen-bond donors (Lipinski definition) is 1. The van der Waals surface area contributed by atoms with Crippen LogP contribution in [0.4, 0.5) is 5.82 Å². The molecule has 1 aliphatic heterocycles. The van der Waals surface area contributed by atoms with Crippen molar-refractivity contribution in [1.29, 1.82) is 0 Å². The van der Waals surface area contributed by atoms with Gasteiger partial charge in [-0.15, -0.1) is 11.3 Å². The Hall–Kier alpha value is -1.60. The minimum absolute atomic E-state index is 0.140. The van der Waals surface area contributed by atoms with Crippen molar-refractivity contribution < 1.29 is 14.6 Å². The summed E-state index contributed by atoms with van der Waals surface area (Å²) in [6.07, 6.45) is 1.74. The molecule has 1 N–H and O–H groups in total. The molecule has 0 amide bonds. The van der Waals surface area contributed by atoms with Gasteiger partial charge in [-0.3, -0.25) is 4.40 Å². The average Bonchev–Trinajstić information content (AvgIpc) is 2.88. The van der Waals surface area contributed by atoms with E-state index < -0.39 is 5.97 Å². The van der Waals surface area contributed by atoms with Crippen LogP contribution in [0, 0.1) is 0 Å². The fourth-order valence-corrected chi connectivity index (χ4v) is 2.92. The summed E-state index contributed by atoms with van der Waals surface area (Å²) in [4.78, 5) is 18.6. The second-order valence-corrected chi connectivity index (χ2v) is 5.14. The first kappa shape index (κ1) is 11.5. The first-order chi connectivity index (χ1) is 8.68. The Morgan fingerprint density at radius 2 is 2.50 bits per heavy atom. The topological polar surface area (TPSA) is 67.1 Å². The molecular weight excluding hydrogens is 254 g/mol. The van der Waals surface area contributed by atoms with Crippen LogP contribution in [0.15, 0.2) is 11.6 Å². The molecule has 96 valence electrons. The molecule has 0 bridgehead atoms. The predicted octanol–water partition coefficient (Wildman–Crippen LogP) is 1.32. The van der Waals surface area contributed by atoms with Crippen LogP contribution >= 0.6 is 11.3 Å². The van der Waals surface area contributed by atoms with E-state index in [1.807, 2.05) is 17.2 Å². The Balaban J connectivity index is 2.12. The summed E-state index contributed by atoms with van der Waals surface area (Å²) in [7, 11) is 0. The number of hydrogen-bond acceptors (Lipinski definition) is 5. The average molecular weight is 267 g/mol. The lowest BCUT2D eigenvalue weighted by Crippen LogP contribution is -2.44. The van der Waals surface area contributed by atoms with Crippen LogP contribution in [0.1, 0.15) is 17.4 Å². The van der Waals surface area contributed by atoms with Crippen LogP contribution < -0.4 is 4.90 Å². The summed E-state index contributed by atoms with van der Waals surface area (Å²) in [5.74, 6) is -0.403. The van der Waals surface area contributed by atoms with Gasteiger partial charge in [0.1, 0.15) is 0 Å². The van der Waals surface area contributed by atoms with Gasteiger partial charge in [0.25, 0.3) is 0 Å². The molecule has 2 aromatic heterocycles. The van der Waals surface area contributed by atoms with Crippen molar-refractivity contribution in [2.24, 2.45) is 0 Å². The van der Waals surface area contributed by atoms with Crippen molar-refractivity contribution in [2.45, 2.75) is 13.0 Å². The lowest BCUT2D eigenvalue weighted by atomic mass is 10.2. The van der Waals surface area contributed by atoms with Gasteiger partial charge >= 0.3 is 5.97 Å². The van der Waals surface area contributed by atoms with E-state index in [-0.39, 0.29) is 11.7 Å². The van der Waals surface area contributed by atoms with E-state index in [9.17, 15) is 9.90 Å². The highest BCUT2D eigenvalue weighted by molar-refractivity contribution is 7.15. The van der Waals surface area contributed by atoms with Crippen LogP contribution in [0.25, 0.3) is 4.96 Å². The molecule has 1 fully saturated rings. The minimum atomic E-state index is -0.949. The third-order valence-electron chi connectivity index (χ3n) is 3.09. The molecule has 1 saturated heterocycles. The number of rotatable bonds is 2. The molecule has 2 aromatic rings. The Kier molecular flexibility index (Phi) is 2.71. The van der Waals surface area contributed by atoms with E-state index in [1.54, 1.807) is 10.6 Å². The van der Waals surface area contributed by atoms with Crippen molar-refractivity contribution >= 4 is 28.1 Å². The van der Waals surface area contributed by atoms with E-state index in [2.05, 4.69) is 4.98 Å². The maximum Gasteiger partial charge on any atom is 0.356 e. The largest absolute Gasteiger partial charge is 0.476 e. The van der Waals surface area contributed by atoms with Crippen LogP contribution in [0.2, 0.25) is 0 Å². The summed E-state index contributed by atoms with van der Waals surface area (Å²) in [5.41, 5.74) is 0.236. The number of fused-ring (bicyclic) bond motifs is 1. The Labute approximate surface area is 107 Å². The molecule has 6 nitrogen and oxygen atoms in total. The highest BCUT2D eigenvalue weighted by Gasteiger charge is 2.28. The van der Waals surface area contributed by atoms with Crippen LogP contribution in [0.5, 0.6) is 0 Å². The first-order valence-electron chi connectivity index (χ1n) is 5.71. The first-order valence-corrected chi connectivity index (χ1v) is 6.59. The molecule has 0 aliphatic carbocycles. The van der Waals surface area contributed by atoms with E-state index in [1.165, 1.54) is 11.3 Å². The number of nitrogens with zero attached hydrogens (tertiary/aromatic N) is 3.